The summed E-state index contributed by atoms with van der Waals surface area (Å²) in [7, 11) is 0. The fraction of sp³-hybridized carbons (Fsp3) is 0.238. The Morgan fingerprint density at radius 3 is 2.62 bits per heavy atom. The summed E-state index contributed by atoms with van der Waals surface area (Å²) in [5, 5.41) is 10.2. The molecule has 2 heterocycles. The van der Waals surface area contributed by atoms with Gasteiger partial charge in [-0.3, -0.25) is 4.98 Å². The molecule has 0 bridgehead atoms. The Balaban J connectivity index is 1.61. The van der Waals surface area contributed by atoms with Crippen LogP contribution in [0.1, 0.15) is 29.9 Å². The van der Waals surface area contributed by atoms with E-state index in [0.717, 1.165) is 42.5 Å². The predicted molar refractivity (Wildman–Crippen MR) is 95.9 cm³/mol. The van der Waals surface area contributed by atoms with E-state index < -0.39 is 0 Å². The Morgan fingerprint density at radius 2 is 1.88 bits per heavy atom. The normalized spacial score (nSPS) is 15.4. The maximum atomic E-state index is 9.30. The van der Waals surface area contributed by atoms with Gasteiger partial charge in [0.25, 0.3) is 0 Å². The quantitative estimate of drug-likeness (QED) is 0.708. The monoisotopic (exact) mass is 312 g/mol. The molecule has 3 nitrogen and oxygen atoms in total. The molecule has 0 N–H and O–H groups in total. The third-order valence-electron chi connectivity index (χ3n) is 4.92. The van der Waals surface area contributed by atoms with Crippen LogP contribution in [0.5, 0.6) is 0 Å². The fourth-order valence-corrected chi connectivity index (χ4v) is 3.64. The smallest absolute Gasteiger partial charge is 0.0998 e. The summed E-state index contributed by atoms with van der Waals surface area (Å²) in [5.74, 6) is 0.619. The van der Waals surface area contributed by atoms with E-state index in [1.807, 2.05) is 36.4 Å². The number of nitriles is 1. The number of anilines is 1. The standard InChI is InChI=1S/C21H18N3/c22-15-18-8-9-20(21-19(18)7-4-12-23-21)24-13-10-17(11-14-24)16-5-2-1-3-6-16/h2-9,12,17H,10-11,13-14H2. The van der Waals surface area contributed by atoms with Crippen LogP contribution < -0.4 is 4.90 Å². The maximum absolute atomic E-state index is 9.30. The van der Waals surface area contributed by atoms with Gasteiger partial charge in [-0.15, -0.1) is 0 Å². The van der Waals surface area contributed by atoms with Crippen LogP contribution in [0.25, 0.3) is 10.9 Å². The molecule has 117 valence electrons. The van der Waals surface area contributed by atoms with E-state index in [0.29, 0.717) is 11.5 Å². The van der Waals surface area contributed by atoms with Crippen molar-refractivity contribution in [1.29, 1.82) is 5.26 Å². The summed E-state index contributed by atoms with van der Waals surface area (Å²) in [6.45, 7) is 2.03. The highest BCUT2D eigenvalue weighted by Crippen LogP contribution is 2.33. The number of fused-ring (bicyclic) bond motifs is 1. The van der Waals surface area contributed by atoms with Crippen LogP contribution in [0.2, 0.25) is 0 Å². The van der Waals surface area contributed by atoms with E-state index in [1.54, 1.807) is 6.20 Å². The number of hydrogen-bond donors (Lipinski definition) is 0. The minimum absolute atomic E-state index is 0.619. The molecule has 1 saturated heterocycles. The first-order chi connectivity index (χ1) is 11.9. The second-order valence-electron chi connectivity index (χ2n) is 6.24. The molecule has 1 radical (unpaired) electrons. The highest BCUT2D eigenvalue weighted by molar-refractivity contribution is 5.94. The van der Waals surface area contributed by atoms with Crippen molar-refractivity contribution >= 4 is 16.6 Å². The zero-order chi connectivity index (χ0) is 16.4. The molecule has 0 spiro atoms. The highest BCUT2D eigenvalue weighted by atomic mass is 15.1. The van der Waals surface area contributed by atoms with Gasteiger partial charge >= 0.3 is 0 Å². The van der Waals surface area contributed by atoms with Gasteiger partial charge in [-0.05, 0) is 54.7 Å². The third-order valence-corrected chi connectivity index (χ3v) is 4.92. The molecule has 4 rings (SSSR count). The fourth-order valence-electron chi connectivity index (χ4n) is 3.64. The van der Waals surface area contributed by atoms with Crippen molar-refractivity contribution in [2.24, 2.45) is 0 Å². The van der Waals surface area contributed by atoms with Crippen LogP contribution in [0.15, 0.2) is 54.7 Å². The number of aromatic nitrogens is 1. The zero-order valence-electron chi connectivity index (χ0n) is 13.4. The molecule has 0 saturated carbocycles. The lowest BCUT2D eigenvalue weighted by Gasteiger charge is -2.34. The van der Waals surface area contributed by atoms with E-state index in [-0.39, 0.29) is 0 Å². The van der Waals surface area contributed by atoms with Crippen molar-refractivity contribution in [1.82, 2.24) is 4.98 Å². The van der Waals surface area contributed by atoms with Gasteiger partial charge in [-0.25, -0.2) is 0 Å². The van der Waals surface area contributed by atoms with Gasteiger partial charge in [0.1, 0.15) is 0 Å². The first-order valence-corrected chi connectivity index (χ1v) is 8.35. The number of pyridine rings is 1. The Morgan fingerprint density at radius 1 is 1.08 bits per heavy atom. The van der Waals surface area contributed by atoms with Crippen LogP contribution in [0, 0.1) is 17.4 Å². The first kappa shape index (κ1) is 14.7. The first-order valence-electron chi connectivity index (χ1n) is 8.35. The molecule has 2 aromatic carbocycles. The van der Waals surface area contributed by atoms with Gasteiger partial charge in [-0.1, -0.05) is 24.3 Å². The number of rotatable bonds is 2. The van der Waals surface area contributed by atoms with E-state index in [9.17, 15) is 5.26 Å². The van der Waals surface area contributed by atoms with Crippen LogP contribution in [-0.2, 0) is 0 Å². The lowest BCUT2D eigenvalue weighted by atomic mass is 9.89. The molecular weight excluding hydrogens is 294 g/mol. The van der Waals surface area contributed by atoms with Crippen molar-refractivity contribution in [3.8, 4) is 6.07 Å². The molecule has 1 aliphatic rings. The SMILES string of the molecule is N#Cc1ccc(N2CCC(c3cc[c]cc3)CC2)c2ncccc12. The van der Waals surface area contributed by atoms with Crippen molar-refractivity contribution in [3.05, 3.63) is 71.9 Å². The van der Waals surface area contributed by atoms with E-state index in [4.69, 9.17) is 0 Å². The Hall–Kier alpha value is -2.86. The van der Waals surface area contributed by atoms with Gasteiger partial charge in [-0.2, -0.15) is 5.26 Å². The van der Waals surface area contributed by atoms with Crippen molar-refractivity contribution in [2.45, 2.75) is 18.8 Å². The summed E-state index contributed by atoms with van der Waals surface area (Å²) >= 11 is 0. The molecule has 3 heteroatoms. The lowest BCUT2D eigenvalue weighted by Crippen LogP contribution is -2.33. The largest absolute Gasteiger partial charge is 0.370 e. The summed E-state index contributed by atoms with van der Waals surface area (Å²) in [6, 6.07) is 21.6. The number of hydrogen-bond acceptors (Lipinski definition) is 3. The highest BCUT2D eigenvalue weighted by Gasteiger charge is 2.22. The molecule has 3 aromatic rings. The van der Waals surface area contributed by atoms with Gasteiger partial charge in [0, 0.05) is 24.7 Å². The van der Waals surface area contributed by atoms with Crippen molar-refractivity contribution < 1.29 is 0 Å². The van der Waals surface area contributed by atoms with E-state index in [2.05, 4.69) is 34.2 Å². The molecule has 0 unspecified atom stereocenters. The van der Waals surface area contributed by atoms with E-state index >= 15 is 0 Å². The van der Waals surface area contributed by atoms with Gasteiger partial charge in [0.2, 0.25) is 0 Å². The predicted octanol–water partition coefficient (Wildman–Crippen LogP) is 4.29. The van der Waals surface area contributed by atoms with Crippen LogP contribution in [0.4, 0.5) is 5.69 Å². The second kappa shape index (κ2) is 6.33. The summed E-state index contributed by atoms with van der Waals surface area (Å²) < 4.78 is 0. The summed E-state index contributed by atoms with van der Waals surface area (Å²) in [4.78, 5) is 6.95. The average Bonchev–Trinajstić information content (AvgIpc) is 2.68. The molecule has 0 amide bonds. The van der Waals surface area contributed by atoms with Crippen LogP contribution in [-0.4, -0.2) is 18.1 Å². The Kier molecular flexibility index (Phi) is 3.88. The lowest BCUT2D eigenvalue weighted by molar-refractivity contribution is 0.506. The molecule has 1 fully saturated rings. The molecule has 0 aliphatic carbocycles. The molecular formula is C21H18N3. The Labute approximate surface area is 142 Å². The number of nitrogens with zero attached hydrogens (tertiary/aromatic N) is 3. The van der Waals surface area contributed by atoms with Gasteiger partial charge < -0.3 is 4.90 Å². The second-order valence-corrected chi connectivity index (χ2v) is 6.24. The minimum atomic E-state index is 0.619. The van der Waals surface area contributed by atoms with Crippen LogP contribution >= 0.6 is 0 Å². The topological polar surface area (TPSA) is 39.9 Å². The van der Waals surface area contributed by atoms with Crippen molar-refractivity contribution in [2.75, 3.05) is 18.0 Å². The zero-order valence-corrected chi connectivity index (χ0v) is 13.4. The third kappa shape index (κ3) is 2.61. The number of benzene rings is 2. The van der Waals surface area contributed by atoms with Gasteiger partial charge in [0.05, 0.1) is 22.8 Å². The maximum Gasteiger partial charge on any atom is 0.0998 e. The average molecular weight is 312 g/mol. The molecule has 1 aliphatic heterocycles. The molecule has 1 aromatic heterocycles. The minimum Gasteiger partial charge on any atom is -0.370 e. The summed E-state index contributed by atoms with van der Waals surface area (Å²) in [5.41, 5.74) is 4.18. The summed E-state index contributed by atoms with van der Waals surface area (Å²) in [6.07, 6.45) is 4.08. The molecule has 0 atom stereocenters. The van der Waals surface area contributed by atoms with Crippen LogP contribution in [0.3, 0.4) is 0 Å². The molecule has 24 heavy (non-hydrogen) atoms. The van der Waals surface area contributed by atoms with E-state index in [1.165, 1.54) is 5.56 Å². The van der Waals surface area contributed by atoms with Crippen molar-refractivity contribution in [3.63, 3.8) is 0 Å². The van der Waals surface area contributed by atoms with Gasteiger partial charge in [0.15, 0.2) is 0 Å². The Bertz CT molecular complexity index is 888. The number of piperidine rings is 1.